The molecule has 36 heavy (non-hydrogen) atoms. The number of thiophene rings is 2. The topological polar surface area (TPSA) is 93.6 Å². The van der Waals surface area contributed by atoms with E-state index in [0.717, 1.165) is 40.5 Å². The second-order valence-corrected chi connectivity index (χ2v) is 11.7. The number of esters is 1. The fraction of sp³-hybridized carbons (Fsp3) is 0.462. The second kappa shape index (κ2) is 10.4. The number of aryl methyl sites for hydroxylation is 3. The number of ether oxygens (including phenoxy) is 2. The Kier molecular flexibility index (Phi) is 7.21. The number of amides is 2. The number of nitrogens with zero attached hydrogens (tertiary/aromatic N) is 1. The number of fused-ring (bicyclic) bond motifs is 1. The Hall–Kier alpha value is -2.66. The Morgan fingerprint density at radius 2 is 1.97 bits per heavy atom. The highest BCUT2D eigenvalue weighted by Crippen LogP contribution is 2.36. The molecule has 3 aromatic heterocycles. The molecule has 3 N–H and O–H groups in total. The Morgan fingerprint density at radius 3 is 2.69 bits per heavy atom. The molecule has 3 aromatic rings. The van der Waals surface area contributed by atoms with E-state index < -0.39 is 5.97 Å². The van der Waals surface area contributed by atoms with Gasteiger partial charge in [-0.2, -0.15) is 0 Å². The summed E-state index contributed by atoms with van der Waals surface area (Å²) in [5.41, 5.74) is 6.09. The van der Waals surface area contributed by atoms with Crippen LogP contribution in [-0.4, -0.2) is 42.4 Å². The minimum atomic E-state index is -0.414. The Balaban J connectivity index is 1.34. The first-order valence-electron chi connectivity index (χ1n) is 12.3. The van der Waals surface area contributed by atoms with Gasteiger partial charge in [-0.25, -0.2) is 9.59 Å². The highest BCUT2D eigenvalue weighted by molar-refractivity contribution is 7.17. The third-order valence-corrected chi connectivity index (χ3v) is 9.28. The zero-order valence-corrected chi connectivity index (χ0v) is 22.7. The van der Waals surface area contributed by atoms with Gasteiger partial charge in [-0.3, -0.25) is 5.32 Å². The molecule has 0 radical (unpaired) electrons. The van der Waals surface area contributed by atoms with Crippen LogP contribution in [0.1, 0.15) is 54.6 Å². The van der Waals surface area contributed by atoms with Gasteiger partial charge in [0, 0.05) is 46.2 Å². The maximum absolute atomic E-state index is 13.0. The molecule has 1 saturated heterocycles. The van der Waals surface area contributed by atoms with Gasteiger partial charge < -0.3 is 24.7 Å². The highest BCUT2D eigenvalue weighted by atomic mass is 32.1. The van der Waals surface area contributed by atoms with Crippen molar-refractivity contribution >= 4 is 39.7 Å². The van der Waals surface area contributed by atoms with Crippen molar-refractivity contribution in [1.29, 1.82) is 0 Å². The lowest BCUT2D eigenvalue weighted by molar-refractivity contribution is 0.0271. The molecule has 0 spiro atoms. The summed E-state index contributed by atoms with van der Waals surface area (Å²) >= 11 is 3.18. The van der Waals surface area contributed by atoms with Crippen LogP contribution in [0.5, 0.6) is 0 Å². The zero-order valence-electron chi connectivity index (χ0n) is 21.1. The van der Waals surface area contributed by atoms with Gasteiger partial charge in [0.25, 0.3) is 0 Å². The summed E-state index contributed by atoms with van der Waals surface area (Å²) in [5, 5.41) is 11.1. The molecule has 10 heteroatoms. The molecule has 0 aromatic carbocycles. The van der Waals surface area contributed by atoms with Gasteiger partial charge in [0.1, 0.15) is 16.1 Å². The maximum atomic E-state index is 13.0. The summed E-state index contributed by atoms with van der Waals surface area (Å²) in [4.78, 5) is 28.3. The first kappa shape index (κ1) is 25.0. The monoisotopic (exact) mass is 528 g/mol. The van der Waals surface area contributed by atoms with Gasteiger partial charge in [-0.15, -0.1) is 22.7 Å². The molecule has 5 rings (SSSR count). The number of hydrogen-bond acceptors (Lipinski definition) is 7. The van der Waals surface area contributed by atoms with Gasteiger partial charge >= 0.3 is 12.0 Å². The third kappa shape index (κ3) is 4.82. The fourth-order valence-electron chi connectivity index (χ4n) is 4.83. The summed E-state index contributed by atoms with van der Waals surface area (Å²) < 4.78 is 13.2. The molecule has 2 aliphatic heterocycles. The molecule has 0 aliphatic carbocycles. The lowest BCUT2D eigenvalue weighted by Gasteiger charge is -2.16. The van der Waals surface area contributed by atoms with E-state index in [2.05, 4.69) is 46.5 Å². The van der Waals surface area contributed by atoms with Crippen molar-refractivity contribution < 1.29 is 19.1 Å². The molecule has 2 amide bonds. The van der Waals surface area contributed by atoms with Crippen LogP contribution >= 0.6 is 22.7 Å². The Labute approximate surface area is 219 Å². The van der Waals surface area contributed by atoms with Crippen molar-refractivity contribution in [3.8, 4) is 5.00 Å². The summed E-state index contributed by atoms with van der Waals surface area (Å²) in [7, 11) is 0. The number of anilines is 1. The molecule has 1 fully saturated rings. The molecular formula is C26H32N4O4S2. The molecule has 2 aliphatic rings. The Morgan fingerprint density at radius 1 is 1.19 bits per heavy atom. The van der Waals surface area contributed by atoms with Gasteiger partial charge in [0.15, 0.2) is 0 Å². The van der Waals surface area contributed by atoms with Crippen molar-refractivity contribution in [2.45, 2.75) is 59.7 Å². The number of urea groups is 1. The van der Waals surface area contributed by atoms with E-state index in [0.29, 0.717) is 36.7 Å². The molecule has 0 bridgehead atoms. The molecule has 192 valence electrons. The van der Waals surface area contributed by atoms with E-state index in [1.807, 2.05) is 13.8 Å². The molecular weight excluding hydrogens is 496 g/mol. The van der Waals surface area contributed by atoms with E-state index in [9.17, 15) is 9.59 Å². The number of hydrogen-bond donors (Lipinski definition) is 3. The van der Waals surface area contributed by atoms with E-state index in [1.165, 1.54) is 33.2 Å². The fourth-order valence-corrected chi connectivity index (χ4v) is 7.33. The standard InChI is InChI=1S/C26H32N4O4S2/c1-14-5-6-15(2)30(14)24-20(19-7-9-27-12-21(19)36-24)11-28-26(32)29-23-22(16(3)17(4)35-23)25(31)34-18-8-10-33-13-18/h5-6,18,27H,7-13H2,1-4H3,(H2,28,29,32). The zero-order chi connectivity index (χ0) is 25.4. The van der Waals surface area contributed by atoms with Crippen molar-refractivity contribution in [3.63, 3.8) is 0 Å². The summed E-state index contributed by atoms with van der Waals surface area (Å²) in [6, 6.07) is 3.90. The normalized spacial score (nSPS) is 17.2. The summed E-state index contributed by atoms with van der Waals surface area (Å²) in [5.74, 6) is -0.414. The first-order chi connectivity index (χ1) is 17.3. The van der Waals surface area contributed by atoms with E-state index in [1.54, 1.807) is 11.3 Å². The molecule has 1 atom stereocenters. The predicted molar refractivity (Wildman–Crippen MR) is 143 cm³/mol. The molecule has 1 unspecified atom stereocenters. The lowest BCUT2D eigenvalue weighted by Crippen LogP contribution is -2.30. The van der Waals surface area contributed by atoms with Crippen LogP contribution < -0.4 is 16.0 Å². The van der Waals surface area contributed by atoms with E-state index >= 15 is 0 Å². The van der Waals surface area contributed by atoms with Crippen LogP contribution in [0.4, 0.5) is 9.80 Å². The van der Waals surface area contributed by atoms with Crippen LogP contribution in [0.2, 0.25) is 0 Å². The Bertz CT molecular complexity index is 1280. The average Bonchev–Trinajstić information content (AvgIpc) is 3.61. The van der Waals surface area contributed by atoms with Gasteiger partial charge in [-0.1, -0.05) is 0 Å². The maximum Gasteiger partial charge on any atom is 0.341 e. The first-order valence-corrected chi connectivity index (χ1v) is 13.9. The molecule has 0 saturated carbocycles. The van der Waals surface area contributed by atoms with Crippen LogP contribution in [-0.2, 0) is 29.0 Å². The van der Waals surface area contributed by atoms with Crippen molar-refractivity contribution in [1.82, 2.24) is 15.2 Å². The van der Waals surface area contributed by atoms with Gasteiger partial charge in [-0.05, 0) is 63.9 Å². The number of nitrogens with one attached hydrogen (secondary N) is 3. The van der Waals surface area contributed by atoms with Crippen molar-refractivity contribution in [3.05, 3.63) is 55.5 Å². The van der Waals surface area contributed by atoms with Crippen molar-refractivity contribution in [2.75, 3.05) is 25.1 Å². The van der Waals surface area contributed by atoms with Crippen LogP contribution in [0.15, 0.2) is 12.1 Å². The van der Waals surface area contributed by atoms with Crippen molar-refractivity contribution in [2.24, 2.45) is 0 Å². The third-order valence-electron chi connectivity index (χ3n) is 6.89. The van der Waals surface area contributed by atoms with E-state index in [-0.39, 0.29) is 12.1 Å². The quantitative estimate of drug-likeness (QED) is 0.402. The number of carbonyl (C=O) groups is 2. The second-order valence-electron chi connectivity index (χ2n) is 9.35. The highest BCUT2D eigenvalue weighted by Gasteiger charge is 2.27. The van der Waals surface area contributed by atoms with Gasteiger partial charge in [0.2, 0.25) is 0 Å². The van der Waals surface area contributed by atoms with Crippen LogP contribution in [0, 0.1) is 27.7 Å². The lowest BCUT2D eigenvalue weighted by atomic mass is 10.0. The number of aromatic nitrogens is 1. The average molecular weight is 529 g/mol. The number of rotatable bonds is 6. The van der Waals surface area contributed by atoms with E-state index in [4.69, 9.17) is 9.47 Å². The van der Waals surface area contributed by atoms with Crippen LogP contribution in [0.3, 0.4) is 0 Å². The smallest absolute Gasteiger partial charge is 0.341 e. The largest absolute Gasteiger partial charge is 0.456 e. The molecule has 8 nitrogen and oxygen atoms in total. The molecule has 5 heterocycles. The minimum absolute atomic E-state index is 0.239. The SMILES string of the molecule is Cc1sc(NC(=O)NCc2c(-n3c(C)ccc3C)sc3c2CCNC3)c(C(=O)OC2CCOC2)c1C. The minimum Gasteiger partial charge on any atom is -0.456 e. The number of carbonyl (C=O) groups excluding carboxylic acids is 2. The van der Waals surface area contributed by atoms with Crippen LogP contribution in [0.25, 0.3) is 5.00 Å². The summed E-state index contributed by atoms with van der Waals surface area (Å²) in [6.45, 7) is 11.2. The summed E-state index contributed by atoms with van der Waals surface area (Å²) in [6.07, 6.45) is 1.39. The van der Waals surface area contributed by atoms with Gasteiger partial charge in [0.05, 0.1) is 18.8 Å². The predicted octanol–water partition coefficient (Wildman–Crippen LogP) is 4.75.